The number of carbonyl (C=O) groups is 2. The molecule has 0 aromatic heterocycles. The molecule has 2 atom stereocenters. The van der Waals surface area contributed by atoms with Crippen LogP contribution in [0.25, 0.3) is 0 Å². The van der Waals surface area contributed by atoms with Crippen molar-refractivity contribution in [3.63, 3.8) is 0 Å². The maximum atomic E-state index is 12.5. The Morgan fingerprint density at radius 1 is 1.11 bits per heavy atom. The summed E-state index contributed by atoms with van der Waals surface area (Å²) in [5.41, 5.74) is 0.275. The van der Waals surface area contributed by atoms with Gasteiger partial charge in [-0.25, -0.2) is 8.42 Å². The zero-order valence-electron chi connectivity index (χ0n) is 15.0. The quantitative estimate of drug-likeness (QED) is 0.639. The predicted molar refractivity (Wildman–Crippen MR) is 101 cm³/mol. The summed E-state index contributed by atoms with van der Waals surface area (Å²) in [6.45, 7) is -0.122. The lowest BCUT2D eigenvalue weighted by Crippen LogP contribution is -2.43. The number of amides is 1. The lowest BCUT2D eigenvalue weighted by Gasteiger charge is -2.27. The molecule has 1 aliphatic rings. The largest absolute Gasteiger partial charge is 0.481 e. The van der Waals surface area contributed by atoms with E-state index >= 15 is 0 Å². The number of aliphatic carboxylic acids is 1. The van der Waals surface area contributed by atoms with Gasteiger partial charge in [0, 0.05) is 11.6 Å². The molecule has 146 valence electrons. The van der Waals surface area contributed by atoms with E-state index in [0.29, 0.717) is 12.8 Å². The molecule has 1 aliphatic carbocycles. The van der Waals surface area contributed by atoms with Crippen LogP contribution in [-0.2, 0) is 14.8 Å². The van der Waals surface area contributed by atoms with Crippen LogP contribution in [0.2, 0.25) is 0 Å². The maximum Gasteiger partial charge on any atom is 0.308 e. The van der Waals surface area contributed by atoms with Gasteiger partial charge in [0.25, 0.3) is 5.91 Å². The molecule has 1 aromatic carbocycles. The highest BCUT2D eigenvalue weighted by atomic mass is 32.2. The molecule has 2 rings (SSSR count). The molecule has 0 aliphatic heterocycles. The van der Waals surface area contributed by atoms with Crippen LogP contribution in [0.1, 0.15) is 48.9 Å². The van der Waals surface area contributed by atoms with Crippen molar-refractivity contribution in [1.29, 1.82) is 0 Å². The first-order chi connectivity index (χ1) is 12.8. The van der Waals surface area contributed by atoms with Gasteiger partial charge in [0.15, 0.2) is 0 Å². The van der Waals surface area contributed by atoms with E-state index in [1.54, 1.807) is 0 Å². The van der Waals surface area contributed by atoms with Crippen molar-refractivity contribution in [2.75, 3.05) is 6.54 Å². The fourth-order valence-electron chi connectivity index (χ4n) is 3.21. The molecule has 0 saturated heterocycles. The molecule has 0 spiro atoms. The zero-order chi connectivity index (χ0) is 19.9. The van der Waals surface area contributed by atoms with Crippen LogP contribution in [-0.4, -0.2) is 38.0 Å². The van der Waals surface area contributed by atoms with Gasteiger partial charge in [0.2, 0.25) is 10.0 Å². The van der Waals surface area contributed by atoms with Gasteiger partial charge in [-0.15, -0.1) is 6.42 Å². The van der Waals surface area contributed by atoms with Gasteiger partial charge in [-0.3, -0.25) is 9.59 Å². The maximum absolute atomic E-state index is 12.5. The van der Waals surface area contributed by atoms with E-state index < -0.39 is 33.9 Å². The molecule has 0 radical (unpaired) electrons. The summed E-state index contributed by atoms with van der Waals surface area (Å²) in [5, 5.41) is 12.3. The summed E-state index contributed by atoms with van der Waals surface area (Å²) >= 11 is 0. The van der Waals surface area contributed by atoms with Crippen LogP contribution < -0.4 is 10.0 Å². The number of carbonyl (C=O) groups excluding carboxylic acids is 1. The van der Waals surface area contributed by atoms with E-state index in [-0.39, 0.29) is 17.0 Å². The van der Waals surface area contributed by atoms with E-state index in [2.05, 4.69) is 16.0 Å². The Morgan fingerprint density at radius 3 is 2.33 bits per heavy atom. The second-order valence-electron chi connectivity index (χ2n) is 6.57. The molecule has 1 fully saturated rings. The summed E-state index contributed by atoms with van der Waals surface area (Å²) in [5.74, 6) is 0.270. The Balaban J connectivity index is 2.10. The Labute approximate surface area is 159 Å². The average Bonchev–Trinajstić information content (AvgIpc) is 2.62. The van der Waals surface area contributed by atoms with E-state index in [0.717, 1.165) is 25.7 Å². The van der Waals surface area contributed by atoms with Crippen molar-refractivity contribution >= 4 is 21.9 Å². The summed E-state index contributed by atoms with van der Waals surface area (Å²) in [7, 11) is -3.72. The van der Waals surface area contributed by atoms with E-state index in [9.17, 15) is 23.1 Å². The summed E-state index contributed by atoms with van der Waals surface area (Å²) < 4.78 is 26.3. The Hall–Kier alpha value is -2.37. The average molecular weight is 392 g/mol. The number of carboxylic acids is 1. The molecule has 0 bridgehead atoms. The minimum atomic E-state index is -3.72. The smallest absolute Gasteiger partial charge is 0.308 e. The predicted octanol–water partition coefficient (Wildman–Crippen LogP) is 1.75. The van der Waals surface area contributed by atoms with Crippen molar-refractivity contribution in [3.8, 4) is 12.3 Å². The number of hydrogen-bond acceptors (Lipinski definition) is 4. The van der Waals surface area contributed by atoms with Crippen molar-refractivity contribution in [2.45, 2.75) is 49.5 Å². The monoisotopic (exact) mass is 392 g/mol. The highest BCUT2D eigenvalue weighted by Crippen LogP contribution is 2.23. The van der Waals surface area contributed by atoms with Crippen LogP contribution in [0.15, 0.2) is 29.2 Å². The molecule has 2 unspecified atom stereocenters. The van der Waals surface area contributed by atoms with Gasteiger partial charge in [0.1, 0.15) is 0 Å². The second-order valence-corrected chi connectivity index (χ2v) is 8.34. The zero-order valence-corrected chi connectivity index (χ0v) is 15.8. The van der Waals surface area contributed by atoms with Crippen LogP contribution in [0.5, 0.6) is 0 Å². The van der Waals surface area contributed by atoms with Gasteiger partial charge in [0.05, 0.1) is 17.4 Å². The fraction of sp³-hybridized carbons (Fsp3) is 0.474. The number of rotatable bonds is 6. The molecule has 1 saturated carbocycles. The lowest BCUT2D eigenvalue weighted by molar-refractivity contribution is -0.143. The van der Waals surface area contributed by atoms with Crippen molar-refractivity contribution in [2.24, 2.45) is 5.92 Å². The van der Waals surface area contributed by atoms with Crippen molar-refractivity contribution < 1.29 is 23.1 Å². The topological polar surface area (TPSA) is 113 Å². The van der Waals surface area contributed by atoms with Gasteiger partial charge in [-0.1, -0.05) is 31.6 Å². The fourth-order valence-corrected chi connectivity index (χ4v) is 4.14. The second kappa shape index (κ2) is 9.53. The Bertz CT molecular complexity index is 811. The number of nitrogens with one attached hydrogen (secondary N) is 2. The highest BCUT2D eigenvalue weighted by Gasteiger charge is 2.30. The van der Waals surface area contributed by atoms with Crippen LogP contribution in [0, 0.1) is 18.3 Å². The van der Waals surface area contributed by atoms with E-state index in [1.807, 2.05) is 0 Å². The first kappa shape index (κ1) is 20.9. The molecular weight excluding hydrogens is 368 g/mol. The summed E-state index contributed by atoms with van der Waals surface area (Å²) in [6, 6.07) is 5.01. The molecular formula is C19H24N2O5S. The number of terminal acetylenes is 1. The van der Waals surface area contributed by atoms with E-state index in [4.69, 9.17) is 6.42 Å². The first-order valence-electron chi connectivity index (χ1n) is 8.92. The molecule has 1 aromatic rings. The third-order valence-electron chi connectivity index (χ3n) is 4.69. The minimum Gasteiger partial charge on any atom is -0.481 e. The number of sulfonamides is 1. The summed E-state index contributed by atoms with van der Waals surface area (Å²) in [6.07, 6.45) is 9.94. The van der Waals surface area contributed by atoms with Gasteiger partial charge in [-0.2, -0.15) is 4.72 Å². The van der Waals surface area contributed by atoms with Crippen LogP contribution in [0.4, 0.5) is 0 Å². The SMILES string of the molecule is C#CCNS(=O)(=O)c1ccc(C(=O)NC2CCCCCCC2C(=O)O)cc1. The molecule has 3 N–H and O–H groups in total. The van der Waals surface area contributed by atoms with Crippen LogP contribution in [0.3, 0.4) is 0 Å². The third-order valence-corrected chi connectivity index (χ3v) is 6.11. The highest BCUT2D eigenvalue weighted by molar-refractivity contribution is 7.89. The Kier molecular flexibility index (Phi) is 7.39. The van der Waals surface area contributed by atoms with Crippen LogP contribution >= 0.6 is 0 Å². The lowest BCUT2D eigenvalue weighted by atomic mass is 9.86. The normalized spacial score (nSPS) is 20.7. The third kappa shape index (κ3) is 5.81. The molecule has 27 heavy (non-hydrogen) atoms. The van der Waals surface area contributed by atoms with E-state index in [1.165, 1.54) is 24.3 Å². The number of benzene rings is 1. The first-order valence-corrected chi connectivity index (χ1v) is 10.4. The molecule has 7 nitrogen and oxygen atoms in total. The number of carboxylic acid groups (broad SMARTS) is 1. The van der Waals surface area contributed by atoms with Gasteiger partial charge < -0.3 is 10.4 Å². The minimum absolute atomic E-state index is 0.00339. The number of hydrogen-bond donors (Lipinski definition) is 3. The molecule has 1 amide bonds. The van der Waals surface area contributed by atoms with Crippen molar-refractivity contribution in [3.05, 3.63) is 29.8 Å². The Morgan fingerprint density at radius 2 is 1.74 bits per heavy atom. The molecule has 0 heterocycles. The standard InChI is InChI=1S/C19H24N2O5S/c1-2-13-20-27(25,26)15-11-9-14(10-12-15)18(22)21-17-8-6-4-3-5-7-16(17)19(23)24/h1,9-12,16-17,20H,3-8,13H2,(H,21,22)(H,23,24). The van der Waals surface area contributed by atoms with Crippen molar-refractivity contribution in [1.82, 2.24) is 10.0 Å². The van der Waals surface area contributed by atoms with Gasteiger partial charge in [-0.05, 0) is 37.1 Å². The van der Waals surface area contributed by atoms with Gasteiger partial charge >= 0.3 is 5.97 Å². The molecule has 8 heteroatoms. The summed E-state index contributed by atoms with van der Waals surface area (Å²) in [4.78, 5) is 24.1.